The van der Waals surface area contributed by atoms with Crippen molar-refractivity contribution in [3.63, 3.8) is 0 Å². The highest BCUT2D eigenvalue weighted by molar-refractivity contribution is 7.89. The number of morpholine rings is 1. The van der Waals surface area contributed by atoms with E-state index in [4.69, 9.17) is 4.74 Å². The summed E-state index contributed by atoms with van der Waals surface area (Å²) in [6, 6.07) is 8.14. The van der Waals surface area contributed by atoms with Crippen LogP contribution in [0.2, 0.25) is 0 Å². The van der Waals surface area contributed by atoms with Crippen LogP contribution in [0, 0.1) is 11.6 Å². The van der Waals surface area contributed by atoms with Crippen LogP contribution in [-0.4, -0.2) is 43.9 Å². The van der Waals surface area contributed by atoms with Gasteiger partial charge in [-0.25, -0.2) is 17.2 Å². The summed E-state index contributed by atoms with van der Waals surface area (Å²) in [5, 5.41) is 2.36. The highest BCUT2D eigenvalue weighted by atomic mass is 32.2. The number of carbonyl (C=O) groups excluding carboxylic acids is 1. The van der Waals surface area contributed by atoms with Gasteiger partial charge in [-0.15, -0.1) is 0 Å². The van der Waals surface area contributed by atoms with Crippen molar-refractivity contribution in [3.05, 3.63) is 59.7 Å². The summed E-state index contributed by atoms with van der Waals surface area (Å²) in [5.41, 5.74) is -0.00769. The lowest BCUT2D eigenvalue weighted by atomic mass is 10.2. The Balaban J connectivity index is 1.84. The van der Waals surface area contributed by atoms with E-state index in [-0.39, 0.29) is 41.4 Å². The van der Waals surface area contributed by atoms with E-state index in [1.165, 1.54) is 28.6 Å². The number of benzene rings is 2. The number of hydrogen-bond donors (Lipinski definition) is 1. The minimum atomic E-state index is -3.82. The monoisotopic (exact) mass is 410 g/mol. The largest absolute Gasteiger partial charge is 0.373 e. The Bertz CT molecular complexity index is 967. The third-order valence-corrected chi connectivity index (χ3v) is 6.07. The molecule has 1 aliphatic heterocycles. The first-order valence-electron chi connectivity index (χ1n) is 8.68. The van der Waals surface area contributed by atoms with Crippen molar-refractivity contribution in [2.75, 3.05) is 18.4 Å². The summed E-state index contributed by atoms with van der Waals surface area (Å²) in [6.45, 7) is 4.01. The van der Waals surface area contributed by atoms with Gasteiger partial charge in [-0.3, -0.25) is 4.79 Å². The third kappa shape index (κ3) is 4.54. The number of amides is 1. The Labute approximate surface area is 162 Å². The lowest BCUT2D eigenvalue weighted by molar-refractivity contribution is -0.0440. The predicted octanol–water partition coefficient (Wildman–Crippen LogP) is 3.02. The molecule has 0 saturated carbocycles. The molecule has 150 valence electrons. The Kier molecular flexibility index (Phi) is 5.78. The van der Waals surface area contributed by atoms with Gasteiger partial charge >= 0.3 is 0 Å². The number of ether oxygens (including phenoxy) is 1. The molecule has 2 atom stereocenters. The van der Waals surface area contributed by atoms with Crippen molar-refractivity contribution in [2.24, 2.45) is 0 Å². The van der Waals surface area contributed by atoms with Crippen molar-refractivity contribution >= 4 is 21.6 Å². The van der Waals surface area contributed by atoms with Crippen LogP contribution in [0.25, 0.3) is 0 Å². The van der Waals surface area contributed by atoms with Crippen LogP contribution in [0.1, 0.15) is 24.2 Å². The van der Waals surface area contributed by atoms with Gasteiger partial charge < -0.3 is 10.1 Å². The Morgan fingerprint density at radius 3 is 2.29 bits per heavy atom. The minimum Gasteiger partial charge on any atom is -0.373 e. The quantitative estimate of drug-likeness (QED) is 0.841. The molecule has 0 spiro atoms. The maximum Gasteiger partial charge on any atom is 0.255 e. The van der Waals surface area contributed by atoms with Crippen LogP contribution in [-0.2, 0) is 14.8 Å². The molecule has 1 amide bonds. The molecule has 1 heterocycles. The zero-order chi connectivity index (χ0) is 20.5. The highest BCUT2D eigenvalue weighted by Crippen LogP contribution is 2.22. The van der Waals surface area contributed by atoms with Crippen molar-refractivity contribution < 1.29 is 26.7 Å². The molecule has 0 radical (unpaired) electrons. The van der Waals surface area contributed by atoms with Gasteiger partial charge in [0.1, 0.15) is 11.6 Å². The summed E-state index contributed by atoms with van der Waals surface area (Å²) in [4.78, 5) is 12.4. The van der Waals surface area contributed by atoms with Crippen LogP contribution in [0.15, 0.2) is 47.4 Å². The number of nitrogens with zero attached hydrogens (tertiary/aromatic N) is 1. The molecule has 28 heavy (non-hydrogen) atoms. The maximum absolute atomic E-state index is 13.3. The molecule has 3 rings (SSSR count). The van der Waals surface area contributed by atoms with Crippen LogP contribution >= 0.6 is 0 Å². The number of sulfonamides is 1. The smallest absolute Gasteiger partial charge is 0.255 e. The second kappa shape index (κ2) is 7.94. The predicted molar refractivity (Wildman–Crippen MR) is 99.5 cm³/mol. The number of rotatable bonds is 4. The van der Waals surface area contributed by atoms with Gasteiger partial charge in [-0.1, -0.05) is 6.07 Å². The molecule has 1 saturated heterocycles. The third-order valence-electron chi connectivity index (χ3n) is 4.24. The molecule has 1 fully saturated rings. The molecule has 2 aromatic carbocycles. The van der Waals surface area contributed by atoms with E-state index in [9.17, 15) is 22.0 Å². The first-order valence-corrected chi connectivity index (χ1v) is 10.1. The number of carbonyl (C=O) groups is 1. The molecule has 1 N–H and O–H groups in total. The highest BCUT2D eigenvalue weighted by Gasteiger charge is 2.32. The van der Waals surface area contributed by atoms with E-state index in [0.29, 0.717) is 6.07 Å². The molecule has 0 aliphatic carbocycles. The average molecular weight is 410 g/mol. The Hall–Kier alpha value is -2.36. The summed E-state index contributed by atoms with van der Waals surface area (Å²) in [5.74, 6) is -2.34. The van der Waals surface area contributed by atoms with Crippen molar-refractivity contribution in [1.82, 2.24) is 4.31 Å². The van der Waals surface area contributed by atoms with E-state index in [1.807, 2.05) is 0 Å². The molecule has 2 unspecified atom stereocenters. The first kappa shape index (κ1) is 20.4. The Morgan fingerprint density at radius 1 is 1.07 bits per heavy atom. The van der Waals surface area contributed by atoms with Gasteiger partial charge in [-0.05, 0) is 44.2 Å². The molecular weight excluding hydrogens is 390 g/mol. The van der Waals surface area contributed by atoms with E-state index in [1.54, 1.807) is 13.8 Å². The number of nitrogens with one attached hydrogen (secondary N) is 1. The molecule has 2 aromatic rings. The van der Waals surface area contributed by atoms with E-state index < -0.39 is 27.6 Å². The van der Waals surface area contributed by atoms with Gasteiger partial charge in [0.25, 0.3) is 5.91 Å². The fourth-order valence-electron chi connectivity index (χ4n) is 3.10. The first-order chi connectivity index (χ1) is 13.1. The molecule has 0 bridgehead atoms. The van der Waals surface area contributed by atoms with Crippen LogP contribution in [0.3, 0.4) is 0 Å². The summed E-state index contributed by atoms with van der Waals surface area (Å²) < 4.78 is 59.3. The van der Waals surface area contributed by atoms with Gasteiger partial charge in [0, 0.05) is 30.4 Å². The normalized spacial score (nSPS) is 20.7. The topological polar surface area (TPSA) is 75.7 Å². The maximum atomic E-state index is 13.3. The van der Waals surface area contributed by atoms with Crippen LogP contribution < -0.4 is 5.32 Å². The summed E-state index contributed by atoms with van der Waals surface area (Å²) in [6.07, 6.45) is -0.485. The Morgan fingerprint density at radius 2 is 1.68 bits per heavy atom. The second-order valence-electron chi connectivity index (χ2n) is 6.72. The fraction of sp³-hybridized carbons (Fsp3) is 0.316. The average Bonchev–Trinajstić information content (AvgIpc) is 2.60. The molecule has 9 heteroatoms. The van der Waals surface area contributed by atoms with E-state index >= 15 is 0 Å². The van der Waals surface area contributed by atoms with Gasteiger partial charge in [0.15, 0.2) is 0 Å². The number of halogens is 2. The summed E-state index contributed by atoms with van der Waals surface area (Å²) >= 11 is 0. The zero-order valence-corrected chi connectivity index (χ0v) is 16.2. The van der Waals surface area contributed by atoms with Gasteiger partial charge in [0.2, 0.25) is 10.0 Å². The number of hydrogen-bond acceptors (Lipinski definition) is 4. The van der Waals surface area contributed by atoms with Crippen molar-refractivity contribution in [1.29, 1.82) is 0 Å². The second-order valence-corrected chi connectivity index (χ2v) is 8.66. The van der Waals surface area contributed by atoms with Crippen LogP contribution in [0.4, 0.5) is 14.5 Å². The molecule has 6 nitrogen and oxygen atoms in total. The lowest BCUT2D eigenvalue weighted by Crippen LogP contribution is -2.48. The van der Waals surface area contributed by atoms with Gasteiger partial charge in [0.05, 0.1) is 17.1 Å². The molecule has 1 aliphatic rings. The molecular formula is C19H20F2N2O4S. The standard InChI is InChI=1S/C19H20F2N2O4S/c1-12-10-23(11-13(2)27-12)28(25,26)18-5-3-4-14(6-18)19(24)22-17-8-15(20)7-16(21)9-17/h3-9,12-13H,10-11H2,1-2H3,(H,22,24). The number of anilines is 1. The molecule has 0 aromatic heterocycles. The van der Waals surface area contributed by atoms with Crippen LogP contribution in [0.5, 0.6) is 0 Å². The fourth-order valence-corrected chi connectivity index (χ4v) is 4.74. The van der Waals surface area contributed by atoms with Crippen molar-refractivity contribution in [3.8, 4) is 0 Å². The lowest BCUT2D eigenvalue weighted by Gasteiger charge is -2.34. The van der Waals surface area contributed by atoms with E-state index in [2.05, 4.69) is 5.32 Å². The SMILES string of the molecule is CC1CN(S(=O)(=O)c2cccc(C(=O)Nc3cc(F)cc(F)c3)c2)CC(C)O1. The van der Waals surface area contributed by atoms with E-state index in [0.717, 1.165) is 12.1 Å². The zero-order valence-electron chi connectivity index (χ0n) is 15.4. The minimum absolute atomic E-state index is 0.0353. The summed E-state index contributed by atoms with van der Waals surface area (Å²) in [7, 11) is -3.82. The van der Waals surface area contributed by atoms with Gasteiger partial charge in [-0.2, -0.15) is 4.31 Å². The van der Waals surface area contributed by atoms with Crippen molar-refractivity contribution in [2.45, 2.75) is 31.0 Å².